The van der Waals surface area contributed by atoms with Crippen LogP contribution < -0.4 is 0 Å². The largest absolute Gasteiger partial charge is 0.480 e. The van der Waals surface area contributed by atoms with E-state index in [-0.39, 0.29) is 11.8 Å². The fraction of sp³-hybridized carbons (Fsp3) is 0.556. The van der Waals surface area contributed by atoms with Gasteiger partial charge in [-0.05, 0) is 37.8 Å². The number of aliphatic carboxylic acids is 1. The van der Waals surface area contributed by atoms with E-state index >= 15 is 0 Å². The minimum Gasteiger partial charge on any atom is -0.480 e. The lowest BCUT2D eigenvalue weighted by molar-refractivity contribution is -0.145. The molecule has 2 saturated heterocycles. The van der Waals surface area contributed by atoms with Gasteiger partial charge in [0.1, 0.15) is 17.7 Å². The van der Waals surface area contributed by atoms with Gasteiger partial charge in [-0.2, -0.15) is 0 Å². The van der Waals surface area contributed by atoms with Crippen LogP contribution >= 0.6 is 0 Å². The number of likely N-dealkylation sites (tertiary alicyclic amines) is 2. The number of amides is 1. The number of carboxylic acids is 1. The molecule has 7 heteroatoms. The normalized spacial score (nSPS) is 20.6. The molecule has 1 N–H and O–H groups in total. The van der Waals surface area contributed by atoms with Gasteiger partial charge in [0.2, 0.25) is 5.91 Å². The minimum absolute atomic E-state index is 0.126. The first kappa shape index (κ1) is 17.8. The number of piperidine rings is 1. The summed E-state index contributed by atoms with van der Waals surface area (Å²) in [5, 5.41) is 9.53. The molecule has 0 unspecified atom stereocenters. The van der Waals surface area contributed by atoms with Crippen LogP contribution in [0.5, 0.6) is 0 Å². The zero-order chi connectivity index (χ0) is 18.0. The molecule has 0 radical (unpaired) electrons. The third-order valence-corrected chi connectivity index (χ3v) is 5.17. The third kappa shape index (κ3) is 3.66. The van der Waals surface area contributed by atoms with Crippen molar-refractivity contribution in [1.29, 1.82) is 0 Å². The van der Waals surface area contributed by atoms with E-state index in [0.29, 0.717) is 25.9 Å². The van der Waals surface area contributed by atoms with E-state index in [0.717, 1.165) is 38.1 Å². The second-order valence-corrected chi connectivity index (χ2v) is 6.72. The van der Waals surface area contributed by atoms with Gasteiger partial charge < -0.3 is 10.0 Å². The van der Waals surface area contributed by atoms with Crippen molar-refractivity contribution in [3.63, 3.8) is 0 Å². The Bertz CT molecular complexity index is 633. The number of carbonyl (C=O) groups is 2. The molecule has 25 heavy (non-hydrogen) atoms. The summed E-state index contributed by atoms with van der Waals surface area (Å²) >= 11 is 0. The molecular formula is C18H22F2N2O3. The van der Waals surface area contributed by atoms with E-state index in [2.05, 4.69) is 0 Å². The highest BCUT2D eigenvalue weighted by Gasteiger charge is 2.37. The molecular weight excluding hydrogens is 330 g/mol. The van der Waals surface area contributed by atoms with Crippen molar-refractivity contribution in [1.82, 2.24) is 9.80 Å². The number of rotatable bonds is 4. The van der Waals surface area contributed by atoms with Crippen LogP contribution in [0.4, 0.5) is 8.78 Å². The highest BCUT2D eigenvalue weighted by Crippen LogP contribution is 2.31. The topological polar surface area (TPSA) is 60.9 Å². The fourth-order valence-electron chi connectivity index (χ4n) is 3.83. The van der Waals surface area contributed by atoms with Crippen molar-refractivity contribution < 1.29 is 23.5 Å². The first-order chi connectivity index (χ1) is 12.0. The van der Waals surface area contributed by atoms with Gasteiger partial charge in [-0.25, -0.2) is 8.78 Å². The van der Waals surface area contributed by atoms with Gasteiger partial charge in [0.25, 0.3) is 0 Å². The summed E-state index contributed by atoms with van der Waals surface area (Å²) in [6.07, 6.45) is 3.07. The van der Waals surface area contributed by atoms with Gasteiger partial charge >= 0.3 is 5.97 Å². The van der Waals surface area contributed by atoms with Crippen LogP contribution in [0.1, 0.15) is 37.3 Å². The van der Waals surface area contributed by atoms with Gasteiger partial charge in [0.05, 0.1) is 5.56 Å². The Kier molecular flexibility index (Phi) is 5.32. The quantitative estimate of drug-likeness (QED) is 0.904. The Morgan fingerprint density at radius 3 is 2.12 bits per heavy atom. The summed E-state index contributed by atoms with van der Waals surface area (Å²) in [4.78, 5) is 27.6. The van der Waals surface area contributed by atoms with E-state index in [1.165, 1.54) is 6.07 Å². The van der Waals surface area contributed by atoms with E-state index in [1.807, 2.05) is 4.90 Å². The third-order valence-electron chi connectivity index (χ3n) is 5.17. The SMILES string of the molecule is O=C(O)[C@@H](c1c(F)cccc1F)N1CCC(C(=O)N2CCCC2)CC1. The second kappa shape index (κ2) is 7.47. The number of hydrogen-bond donors (Lipinski definition) is 1. The van der Waals surface area contributed by atoms with Gasteiger partial charge in [-0.15, -0.1) is 0 Å². The predicted octanol–water partition coefficient (Wildman–Crippen LogP) is 2.42. The maximum absolute atomic E-state index is 14.0. The number of carbonyl (C=O) groups excluding carboxylic acids is 1. The average Bonchev–Trinajstić information content (AvgIpc) is 3.12. The summed E-state index contributed by atoms with van der Waals surface area (Å²) in [6, 6.07) is 1.98. The van der Waals surface area contributed by atoms with Crippen molar-refractivity contribution in [2.24, 2.45) is 5.92 Å². The van der Waals surface area contributed by atoms with Crippen molar-refractivity contribution in [2.45, 2.75) is 31.7 Å². The van der Waals surface area contributed by atoms with Crippen molar-refractivity contribution >= 4 is 11.9 Å². The molecule has 1 amide bonds. The molecule has 1 aromatic rings. The highest BCUT2D eigenvalue weighted by atomic mass is 19.1. The number of hydrogen-bond acceptors (Lipinski definition) is 3. The van der Waals surface area contributed by atoms with E-state index in [9.17, 15) is 23.5 Å². The molecule has 136 valence electrons. The maximum Gasteiger partial charge on any atom is 0.325 e. The van der Waals surface area contributed by atoms with Crippen molar-refractivity contribution in [3.8, 4) is 0 Å². The number of halogens is 2. The van der Waals surface area contributed by atoms with Gasteiger partial charge in [-0.1, -0.05) is 6.07 Å². The molecule has 1 atom stereocenters. The fourth-order valence-corrected chi connectivity index (χ4v) is 3.83. The zero-order valence-corrected chi connectivity index (χ0v) is 14.0. The monoisotopic (exact) mass is 352 g/mol. The summed E-state index contributed by atoms with van der Waals surface area (Å²) < 4.78 is 28.1. The molecule has 3 rings (SSSR count). The Morgan fingerprint density at radius 2 is 1.60 bits per heavy atom. The molecule has 0 aromatic heterocycles. The first-order valence-corrected chi connectivity index (χ1v) is 8.68. The standard InChI is InChI=1S/C18H22F2N2O3/c19-13-4-3-5-14(20)15(13)16(18(24)25)21-10-6-12(7-11-21)17(23)22-8-1-2-9-22/h3-5,12,16H,1-2,6-11H2,(H,24,25)/t16-/m1/s1. The van der Waals surface area contributed by atoms with Crippen molar-refractivity contribution in [2.75, 3.05) is 26.2 Å². The predicted molar refractivity (Wildman–Crippen MR) is 86.8 cm³/mol. The van der Waals surface area contributed by atoms with Gasteiger partial charge in [-0.3, -0.25) is 14.5 Å². The van der Waals surface area contributed by atoms with Gasteiger partial charge in [0.15, 0.2) is 0 Å². The molecule has 0 aliphatic carbocycles. The lowest BCUT2D eigenvalue weighted by atomic mass is 9.92. The van der Waals surface area contributed by atoms with Crippen LogP contribution in [-0.4, -0.2) is 53.0 Å². The maximum atomic E-state index is 14.0. The van der Waals surface area contributed by atoms with Crippen LogP contribution in [-0.2, 0) is 9.59 Å². The molecule has 1 aromatic carbocycles. The molecule has 2 aliphatic heterocycles. The van der Waals surface area contributed by atoms with E-state index < -0.39 is 29.2 Å². The van der Waals surface area contributed by atoms with Crippen LogP contribution in [0, 0.1) is 17.6 Å². The summed E-state index contributed by atoms with van der Waals surface area (Å²) in [6.45, 7) is 2.23. The van der Waals surface area contributed by atoms with Crippen LogP contribution in [0.25, 0.3) is 0 Å². The number of nitrogens with zero attached hydrogens (tertiary/aromatic N) is 2. The smallest absolute Gasteiger partial charge is 0.325 e. The Hall–Kier alpha value is -2.02. The Balaban J connectivity index is 1.71. The Morgan fingerprint density at radius 1 is 1.04 bits per heavy atom. The molecule has 0 bridgehead atoms. The van der Waals surface area contributed by atoms with Crippen LogP contribution in [0.3, 0.4) is 0 Å². The second-order valence-electron chi connectivity index (χ2n) is 6.72. The number of carboxylic acid groups (broad SMARTS) is 1. The zero-order valence-electron chi connectivity index (χ0n) is 14.0. The lowest BCUT2D eigenvalue weighted by Gasteiger charge is -2.36. The average molecular weight is 352 g/mol. The summed E-state index contributed by atoms with van der Waals surface area (Å²) in [7, 11) is 0. The van der Waals surface area contributed by atoms with Crippen LogP contribution in [0.2, 0.25) is 0 Å². The molecule has 2 fully saturated rings. The summed E-state index contributed by atoms with van der Waals surface area (Å²) in [5.41, 5.74) is -0.431. The molecule has 5 nitrogen and oxygen atoms in total. The van der Waals surface area contributed by atoms with E-state index in [1.54, 1.807) is 4.90 Å². The summed E-state index contributed by atoms with van der Waals surface area (Å²) in [5.74, 6) is -3.01. The highest BCUT2D eigenvalue weighted by molar-refractivity contribution is 5.79. The molecule has 0 saturated carbocycles. The first-order valence-electron chi connectivity index (χ1n) is 8.68. The number of benzene rings is 1. The molecule has 2 heterocycles. The molecule has 2 aliphatic rings. The van der Waals surface area contributed by atoms with E-state index in [4.69, 9.17) is 0 Å². The molecule has 0 spiro atoms. The Labute approximate surface area is 145 Å². The lowest BCUT2D eigenvalue weighted by Crippen LogP contribution is -2.45. The van der Waals surface area contributed by atoms with Gasteiger partial charge in [0, 0.05) is 32.1 Å². The van der Waals surface area contributed by atoms with Crippen molar-refractivity contribution in [3.05, 3.63) is 35.4 Å². The minimum atomic E-state index is -1.37. The van der Waals surface area contributed by atoms with Crippen LogP contribution in [0.15, 0.2) is 18.2 Å².